The van der Waals surface area contributed by atoms with Crippen LogP contribution in [-0.2, 0) is 4.74 Å². The molecule has 0 bridgehead atoms. The normalized spacial score (nSPS) is 17.8. The van der Waals surface area contributed by atoms with Gasteiger partial charge in [-0.2, -0.15) is 0 Å². The molecule has 2 N–H and O–H groups in total. The smallest absolute Gasteiger partial charge is 0.190 e. The van der Waals surface area contributed by atoms with Gasteiger partial charge in [-0.3, -0.25) is 4.99 Å². The Kier molecular flexibility index (Phi) is 9.26. The van der Waals surface area contributed by atoms with Crippen molar-refractivity contribution in [3.63, 3.8) is 0 Å². The number of halogens is 1. The molecule has 0 aliphatic carbocycles. The molecular weight excluding hydrogens is 392 g/mol. The Morgan fingerprint density at radius 1 is 1.38 bits per heavy atom. The molecule has 0 saturated carbocycles. The molecule has 26 heavy (non-hydrogen) atoms. The highest BCUT2D eigenvalue weighted by molar-refractivity contribution is 9.10. The monoisotopic (exact) mass is 424 g/mol. The van der Waals surface area contributed by atoms with E-state index in [9.17, 15) is 0 Å². The predicted octanol–water partition coefficient (Wildman–Crippen LogP) is 3.50. The summed E-state index contributed by atoms with van der Waals surface area (Å²) < 4.78 is 6.74. The zero-order valence-electron chi connectivity index (χ0n) is 16.3. The number of hydrogen-bond donors (Lipinski definition) is 2. The van der Waals surface area contributed by atoms with E-state index in [4.69, 9.17) is 4.74 Å². The van der Waals surface area contributed by atoms with E-state index >= 15 is 0 Å². The highest BCUT2D eigenvalue weighted by atomic mass is 79.9. The molecule has 0 amide bonds. The van der Waals surface area contributed by atoms with Gasteiger partial charge < -0.3 is 20.3 Å². The Morgan fingerprint density at radius 2 is 2.23 bits per heavy atom. The molecule has 5 nitrogen and oxygen atoms in total. The highest BCUT2D eigenvalue weighted by Gasteiger charge is 2.22. The number of guanidine groups is 1. The van der Waals surface area contributed by atoms with E-state index in [0.29, 0.717) is 11.8 Å². The van der Waals surface area contributed by atoms with E-state index < -0.39 is 0 Å². The van der Waals surface area contributed by atoms with Crippen molar-refractivity contribution in [1.29, 1.82) is 0 Å². The van der Waals surface area contributed by atoms with Crippen LogP contribution in [0.25, 0.3) is 0 Å². The SMILES string of the molecule is CN=C(NCCCOCC(C)C)NCC1CCN(c2cccc(Br)c2)C1. The lowest BCUT2D eigenvalue weighted by atomic mass is 10.1. The first-order valence-corrected chi connectivity index (χ1v) is 10.4. The minimum absolute atomic E-state index is 0.598. The molecule has 1 fully saturated rings. The lowest BCUT2D eigenvalue weighted by Gasteiger charge is -2.19. The number of benzene rings is 1. The molecule has 0 spiro atoms. The molecule has 1 aromatic rings. The largest absolute Gasteiger partial charge is 0.381 e. The van der Waals surface area contributed by atoms with Gasteiger partial charge in [-0.15, -0.1) is 0 Å². The van der Waals surface area contributed by atoms with Crippen molar-refractivity contribution in [2.24, 2.45) is 16.8 Å². The maximum atomic E-state index is 5.60. The molecule has 0 aromatic heterocycles. The van der Waals surface area contributed by atoms with E-state index in [2.05, 4.69) is 74.6 Å². The topological polar surface area (TPSA) is 48.9 Å². The predicted molar refractivity (Wildman–Crippen MR) is 114 cm³/mol. The van der Waals surface area contributed by atoms with Crippen molar-refractivity contribution in [2.45, 2.75) is 26.7 Å². The van der Waals surface area contributed by atoms with E-state index in [0.717, 1.165) is 56.2 Å². The maximum absolute atomic E-state index is 5.60. The quantitative estimate of drug-likeness (QED) is 0.361. The Labute approximate surface area is 166 Å². The summed E-state index contributed by atoms with van der Waals surface area (Å²) in [5.41, 5.74) is 1.30. The third-order valence-electron chi connectivity index (χ3n) is 4.45. The van der Waals surface area contributed by atoms with Crippen LogP contribution in [-0.4, -0.2) is 52.4 Å². The van der Waals surface area contributed by atoms with Gasteiger partial charge in [0.15, 0.2) is 5.96 Å². The summed E-state index contributed by atoms with van der Waals surface area (Å²) in [5.74, 6) is 2.12. The summed E-state index contributed by atoms with van der Waals surface area (Å²) in [5, 5.41) is 6.84. The number of ether oxygens (including phenoxy) is 1. The zero-order valence-corrected chi connectivity index (χ0v) is 17.9. The second kappa shape index (κ2) is 11.4. The van der Waals surface area contributed by atoms with Gasteiger partial charge in [0.25, 0.3) is 0 Å². The van der Waals surface area contributed by atoms with Crippen LogP contribution in [0.1, 0.15) is 26.7 Å². The third kappa shape index (κ3) is 7.54. The Morgan fingerprint density at radius 3 is 2.96 bits per heavy atom. The van der Waals surface area contributed by atoms with Crippen LogP contribution >= 0.6 is 15.9 Å². The average molecular weight is 425 g/mol. The van der Waals surface area contributed by atoms with Crippen molar-refractivity contribution < 1.29 is 4.74 Å². The molecule has 1 aliphatic heterocycles. The first kappa shape index (κ1) is 21.0. The molecule has 146 valence electrons. The lowest BCUT2D eigenvalue weighted by Crippen LogP contribution is -2.40. The molecule has 1 aliphatic rings. The molecular formula is C20H33BrN4O. The third-order valence-corrected chi connectivity index (χ3v) is 4.94. The van der Waals surface area contributed by atoms with Crippen molar-refractivity contribution in [3.05, 3.63) is 28.7 Å². The van der Waals surface area contributed by atoms with Gasteiger partial charge in [0, 0.05) is 56.6 Å². The second-order valence-electron chi connectivity index (χ2n) is 7.28. The molecule has 6 heteroatoms. The number of rotatable bonds is 9. The van der Waals surface area contributed by atoms with E-state index in [-0.39, 0.29) is 0 Å². The summed E-state index contributed by atoms with van der Waals surface area (Å²) in [6, 6.07) is 8.55. The van der Waals surface area contributed by atoms with Crippen molar-refractivity contribution in [3.8, 4) is 0 Å². The van der Waals surface area contributed by atoms with E-state index in [1.165, 1.54) is 12.1 Å². The van der Waals surface area contributed by atoms with E-state index in [1.807, 2.05) is 7.05 Å². The van der Waals surface area contributed by atoms with Crippen LogP contribution in [0.5, 0.6) is 0 Å². The first-order valence-electron chi connectivity index (χ1n) is 9.61. The number of aliphatic imine (C=N–C) groups is 1. The van der Waals surface area contributed by atoms with Crippen LogP contribution in [0, 0.1) is 11.8 Å². The van der Waals surface area contributed by atoms with Crippen molar-refractivity contribution in [1.82, 2.24) is 10.6 Å². The minimum Gasteiger partial charge on any atom is -0.381 e. The van der Waals surface area contributed by atoms with Crippen molar-refractivity contribution in [2.75, 3.05) is 51.3 Å². The lowest BCUT2D eigenvalue weighted by molar-refractivity contribution is 0.108. The molecule has 1 unspecified atom stereocenters. The Bertz CT molecular complexity index is 564. The molecule has 1 heterocycles. The summed E-state index contributed by atoms with van der Waals surface area (Å²) >= 11 is 3.56. The van der Waals surface area contributed by atoms with Crippen LogP contribution in [0.15, 0.2) is 33.7 Å². The van der Waals surface area contributed by atoms with Crippen LogP contribution in [0.4, 0.5) is 5.69 Å². The minimum atomic E-state index is 0.598. The fourth-order valence-electron chi connectivity index (χ4n) is 3.07. The van der Waals surface area contributed by atoms with Gasteiger partial charge in [0.2, 0.25) is 0 Å². The summed E-state index contributed by atoms with van der Waals surface area (Å²) in [4.78, 5) is 6.78. The molecule has 1 saturated heterocycles. The van der Waals surface area contributed by atoms with Crippen LogP contribution in [0.2, 0.25) is 0 Å². The van der Waals surface area contributed by atoms with Crippen LogP contribution in [0.3, 0.4) is 0 Å². The van der Waals surface area contributed by atoms with Gasteiger partial charge in [0.1, 0.15) is 0 Å². The van der Waals surface area contributed by atoms with Crippen LogP contribution < -0.4 is 15.5 Å². The molecule has 2 rings (SSSR count). The standard InChI is InChI=1S/C20H33BrN4O/c1-16(2)15-26-11-5-9-23-20(22-3)24-13-17-8-10-25(14-17)19-7-4-6-18(21)12-19/h4,6-7,12,16-17H,5,8-11,13-15H2,1-3H3,(H2,22,23,24). The number of hydrogen-bond acceptors (Lipinski definition) is 3. The van der Waals surface area contributed by atoms with Gasteiger partial charge in [-0.1, -0.05) is 35.8 Å². The average Bonchev–Trinajstić information content (AvgIpc) is 3.09. The highest BCUT2D eigenvalue weighted by Crippen LogP contribution is 2.25. The van der Waals surface area contributed by atoms with Crippen molar-refractivity contribution >= 4 is 27.6 Å². The van der Waals surface area contributed by atoms with Gasteiger partial charge in [-0.25, -0.2) is 0 Å². The number of nitrogens with zero attached hydrogens (tertiary/aromatic N) is 2. The van der Waals surface area contributed by atoms with Gasteiger partial charge in [0.05, 0.1) is 0 Å². The first-order chi connectivity index (χ1) is 12.6. The fourth-order valence-corrected chi connectivity index (χ4v) is 3.46. The number of anilines is 1. The van der Waals surface area contributed by atoms with Gasteiger partial charge >= 0.3 is 0 Å². The fraction of sp³-hybridized carbons (Fsp3) is 0.650. The van der Waals surface area contributed by atoms with E-state index in [1.54, 1.807) is 0 Å². The molecule has 1 atom stereocenters. The second-order valence-corrected chi connectivity index (χ2v) is 8.20. The Hall–Kier alpha value is -1.27. The number of nitrogens with one attached hydrogen (secondary N) is 2. The molecule has 0 radical (unpaired) electrons. The molecule has 1 aromatic carbocycles. The maximum Gasteiger partial charge on any atom is 0.190 e. The summed E-state index contributed by atoms with van der Waals surface area (Å²) in [6.45, 7) is 10.0. The zero-order chi connectivity index (χ0) is 18.8. The summed E-state index contributed by atoms with van der Waals surface area (Å²) in [7, 11) is 1.83. The summed E-state index contributed by atoms with van der Waals surface area (Å²) in [6.07, 6.45) is 2.20. The Balaban J connectivity index is 1.63. The van der Waals surface area contributed by atoms with Gasteiger partial charge in [-0.05, 0) is 42.9 Å².